The van der Waals surface area contributed by atoms with E-state index in [-0.39, 0.29) is 10.7 Å². The molecule has 0 bridgehead atoms. The third-order valence-corrected chi connectivity index (χ3v) is 4.62. The van der Waals surface area contributed by atoms with E-state index in [9.17, 15) is 13.2 Å². The van der Waals surface area contributed by atoms with Gasteiger partial charge in [-0.25, -0.2) is 8.42 Å². The van der Waals surface area contributed by atoms with Crippen LogP contribution in [0.5, 0.6) is 0 Å². The normalized spacial score (nSPS) is 11.2. The lowest BCUT2D eigenvalue weighted by molar-refractivity contribution is 0.102. The predicted molar refractivity (Wildman–Crippen MR) is 74.0 cm³/mol. The summed E-state index contributed by atoms with van der Waals surface area (Å²) in [5, 5.41) is 0. The number of rotatable bonds is 4. The quantitative estimate of drug-likeness (QED) is 0.805. The van der Waals surface area contributed by atoms with E-state index in [1.807, 2.05) is 0 Å². The smallest absolute Gasteiger partial charge is 0.186 e. The standard InChI is InChI=1S/C15H14O3S/c1-12-7-5-6-10-15(12)19(17,18)11-14(16)13-8-3-2-4-9-13/h2-10H,11H2,1H3. The molecule has 0 aliphatic heterocycles. The largest absolute Gasteiger partial charge is 0.293 e. The molecule has 0 unspecified atom stereocenters. The van der Waals surface area contributed by atoms with Crippen LogP contribution in [-0.2, 0) is 9.84 Å². The first-order valence-corrected chi connectivity index (χ1v) is 7.52. The summed E-state index contributed by atoms with van der Waals surface area (Å²) in [7, 11) is -3.59. The summed E-state index contributed by atoms with van der Waals surface area (Å²) in [6.45, 7) is 1.72. The van der Waals surface area contributed by atoms with E-state index in [0.29, 0.717) is 11.1 Å². The number of Topliss-reactive ketones (excluding diaryl/α,β-unsaturated/α-hetero) is 1. The van der Waals surface area contributed by atoms with Gasteiger partial charge in [0.25, 0.3) is 0 Å². The van der Waals surface area contributed by atoms with E-state index < -0.39 is 15.6 Å². The molecular weight excluding hydrogens is 260 g/mol. The fourth-order valence-corrected chi connectivity index (χ4v) is 3.37. The zero-order valence-corrected chi connectivity index (χ0v) is 11.4. The van der Waals surface area contributed by atoms with Gasteiger partial charge in [0.1, 0.15) is 5.75 Å². The van der Waals surface area contributed by atoms with E-state index in [4.69, 9.17) is 0 Å². The highest BCUT2D eigenvalue weighted by atomic mass is 32.2. The van der Waals surface area contributed by atoms with E-state index in [0.717, 1.165) is 0 Å². The highest BCUT2D eigenvalue weighted by Gasteiger charge is 2.21. The summed E-state index contributed by atoms with van der Waals surface area (Å²) >= 11 is 0. The van der Waals surface area contributed by atoms with Crippen LogP contribution in [0.2, 0.25) is 0 Å². The number of benzene rings is 2. The molecule has 2 rings (SSSR count). The molecule has 0 N–H and O–H groups in total. The Labute approximate surface area is 112 Å². The van der Waals surface area contributed by atoms with Crippen molar-refractivity contribution in [3.63, 3.8) is 0 Å². The second-order valence-electron chi connectivity index (χ2n) is 4.31. The van der Waals surface area contributed by atoms with Crippen molar-refractivity contribution >= 4 is 15.6 Å². The molecule has 0 heterocycles. The van der Waals surface area contributed by atoms with E-state index in [1.54, 1.807) is 55.5 Å². The summed E-state index contributed by atoms with van der Waals surface area (Å²) in [4.78, 5) is 12.2. The zero-order chi connectivity index (χ0) is 13.9. The third kappa shape index (κ3) is 3.09. The Morgan fingerprint density at radius 2 is 1.53 bits per heavy atom. The van der Waals surface area contributed by atoms with Crippen molar-refractivity contribution in [2.45, 2.75) is 11.8 Å². The molecule has 2 aromatic rings. The van der Waals surface area contributed by atoms with Crippen molar-refractivity contribution in [2.75, 3.05) is 5.75 Å². The molecule has 0 aromatic heterocycles. The monoisotopic (exact) mass is 274 g/mol. The molecular formula is C15H14O3S. The second-order valence-corrected chi connectivity index (χ2v) is 6.27. The molecule has 0 atom stereocenters. The summed E-state index contributed by atoms with van der Waals surface area (Å²) < 4.78 is 24.4. The van der Waals surface area contributed by atoms with Crippen LogP contribution < -0.4 is 0 Å². The van der Waals surface area contributed by atoms with Crippen LogP contribution in [0.25, 0.3) is 0 Å². The van der Waals surface area contributed by atoms with Gasteiger partial charge < -0.3 is 0 Å². The van der Waals surface area contributed by atoms with Crippen LogP contribution in [0, 0.1) is 6.92 Å². The summed E-state index contributed by atoms with van der Waals surface area (Å²) in [5.74, 6) is -0.883. The molecule has 4 heteroatoms. The fraction of sp³-hybridized carbons (Fsp3) is 0.133. The van der Waals surface area contributed by atoms with Crippen LogP contribution >= 0.6 is 0 Å². The number of carbonyl (C=O) groups excluding carboxylic acids is 1. The molecule has 0 saturated carbocycles. The van der Waals surface area contributed by atoms with E-state index in [1.165, 1.54) is 6.07 Å². The SMILES string of the molecule is Cc1ccccc1S(=O)(=O)CC(=O)c1ccccc1. The van der Waals surface area contributed by atoms with Crippen LogP contribution in [0.4, 0.5) is 0 Å². The Balaban J connectivity index is 2.29. The fourth-order valence-electron chi connectivity index (χ4n) is 1.86. The molecule has 19 heavy (non-hydrogen) atoms. The molecule has 3 nitrogen and oxygen atoms in total. The van der Waals surface area contributed by atoms with Crippen molar-refractivity contribution in [3.8, 4) is 0 Å². The Hall–Kier alpha value is -1.94. The lowest BCUT2D eigenvalue weighted by Gasteiger charge is -2.06. The lowest BCUT2D eigenvalue weighted by Crippen LogP contribution is -2.17. The lowest BCUT2D eigenvalue weighted by atomic mass is 10.2. The van der Waals surface area contributed by atoms with Gasteiger partial charge >= 0.3 is 0 Å². The minimum Gasteiger partial charge on any atom is -0.293 e. The van der Waals surface area contributed by atoms with Crippen molar-refractivity contribution in [1.82, 2.24) is 0 Å². The Morgan fingerprint density at radius 3 is 2.16 bits per heavy atom. The average molecular weight is 274 g/mol. The van der Waals surface area contributed by atoms with E-state index >= 15 is 0 Å². The number of carbonyl (C=O) groups is 1. The summed E-state index contributed by atoms with van der Waals surface area (Å²) in [6.07, 6.45) is 0. The number of hydrogen-bond acceptors (Lipinski definition) is 3. The predicted octanol–water partition coefficient (Wildman–Crippen LogP) is 2.65. The molecule has 98 valence electrons. The van der Waals surface area contributed by atoms with Crippen molar-refractivity contribution < 1.29 is 13.2 Å². The van der Waals surface area contributed by atoms with E-state index in [2.05, 4.69) is 0 Å². The Bertz CT molecular complexity index is 688. The molecule has 0 aliphatic rings. The minimum absolute atomic E-state index is 0.222. The van der Waals surface area contributed by atoms with Crippen molar-refractivity contribution in [3.05, 3.63) is 65.7 Å². The van der Waals surface area contributed by atoms with Crippen molar-refractivity contribution in [1.29, 1.82) is 0 Å². The number of aryl methyl sites for hydroxylation is 1. The zero-order valence-electron chi connectivity index (χ0n) is 10.5. The minimum atomic E-state index is -3.59. The van der Waals surface area contributed by atoms with Gasteiger partial charge in [0.05, 0.1) is 4.90 Å². The van der Waals surface area contributed by atoms with Gasteiger partial charge in [-0.05, 0) is 18.6 Å². The molecule has 0 radical (unpaired) electrons. The Morgan fingerprint density at radius 1 is 0.947 bits per heavy atom. The number of hydrogen-bond donors (Lipinski definition) is 0. The third-order valence-electron chi connectivity index (χ3n) is 2.85. The van der Waals surface area contributed by atoms with Gasteiger partial charge in [-0.15, -0.1) is 0 Å². The first-order valence-electron chi connectivity index (χ1n) is 5.87. The topological polar surface area (TPSA) is 51.2 Å². The summed E-state index contributed by atoms with van der Waals surface area (Å²) in [6, 6.07) is 15.1. The molecule has 2 aromatic carbocycles. The molecule has 0 amide bonds. The van der Waals surface area contributed by atoms with Crippen LogP contribution in [0.3, 0.4) is 0 Å². The first-order chi connectivity index (χ1) is 9.00. The molecule has 0 aliphatic carbocycles. The molecule has 0 saturated heterocycles. The molecule has 0 spiro atoms. The van der Waals surface area contributed by atoms with Crippen LogP contribution in [0.1, 0.15) is 15.9 Å². The number of sulfone groups is 1. The van der Waals surface area contributed by atoms with Gasteiger partial charge in [0.15, 0.2) is 15.6 Å². The van der Waals surface area contributed by atoms with Crippen LogP contribution in [-0.4, -0.2) is 20.0 Å². The number of ketones is 1. The first kappa shape index (κ1) is 13.5. The van der Waals surface area contributed by atoms with Crippen molar-refractivity contribution in [2.24, 2.45) is 0 Å². The van der Waals surface area contributed by atoms with Gasteiger partial charge in [0, 0.05) is 5.56 Å². The van der Waals surface area contributed by atoms with Gasteiger partial charge in [-0.3, -0.25) is 4.79 Å². The maximum absolute atomic E-state index is 12.2. The van der Waals surface area contributed by atoms with Gasteiger partial charge in [0.2, 0.25) is 0 Å². The summed E-state index contributed by atoms with van der Waals surface area (Å²) in [5.41, 5.74) is 1.07. The average Bonchev–Trinajstić information content (AvgIpc) is 2.39. The maximum atomic E-state index is 12.2. The van der Waals surface area contributed by atoms with Gasteiger partial charge in [-0.1, -0.05) is 48.5 Å². The Kier molecular flexibility index (Phi) is 3.81. The van der Waals surface area contributed by atoms with Crippen LogP contribution in [0.15, 0.2) is 59.5 Å². The van der Waals surface area contributed by atoms with Gasteiger partial charge in [-0.2, -0.15) is 0 Å². The highest BCUT2D eigenvalue weighted by Crippen LogP contribution is 2.17. The maximum Gasteiger partial charge on any atom is 0.186 e. The second kappa shape index (κ2) is 5.36. The molecule has 0 fully saturated rings. The highest BCUT2D eigenvalue weighted by molar-refractivity contribution is 7.92.